The van der Waals surface area contributed by atoms with Gasteiger partial charge < -0.3 is 14.2 Å². The van der Waals surface area contributed by atoms with Crippen LogP contribution in [0.5, 0.6) is 0 Å². The number of carbonyl (C=O) groups excluding carboxylic acids is 1. The molecule has 0 radical (unpaired) electrons. The van der Waals surface area contributed by atoms with Crippen molar-refractivity contribution in [2.75, 3.05) is 5.75 Å². The highest BCUT2D eigenvalue weighted by Gasteiger charge is 2.17. The summed E-state index contributed by atoms with van der Waals surface area (Å²) in [7, 11) is 1.77. The van der Waals surface area contributed by atoms with Gasteiger partial charge in [-0.3, -0.25) is 4.79 Å². The first-order valence-electron chi connectivity index (χ1n) is 6.92. The minimum atomic E-state index is -0.166. The van der Waals surface area contributed by atoms with Gasteiger partial charge in [0.1, 0.15) is 6.61 Å². The van der Waals surface area contributed by atoms with Gasteiger partial charge in [0.15, 0.2) is 16.8 Å². The van der Waals surface area contributed by atoms with Gasteiger partial charge in [0.25, 0.3) is 0 Å². The van der Waals surface area contributed by atoms with Gasteiger partial charge in [-0.15, -0.1) is 16.8 Å². The topological polar surface area (TPSA) is 72.9 Å². The molecule has 1 N–H and O–H groups in total. The lowest BCUT2D eigenvalue weighted by Crippen LogP contribution is -2.07. The van der Waals surface area contributed by atoms with E-state index in [1.807, 2.05) is 26.0 Å². The summed E-state index contributed by atoms with van der Waals surface area (Å²) in [6.07, 6.45) is 1.82. The third kappa shape index (κ3) is 3.15. The summed E-state index contributed by atoms with van der Waals surface area (Å²) >= 11 is 1.32. The molecule has 0 bridgehead atoms. The zero-order chi connectivity index (χ0) is 16.3. The van der Waals surface area contributed by atoms with Gasteiger partial charge in [-0.25, -0.2) is 0 Å². The van der Waals surface area contributed by atoms with E-state index in [1.165, 1.54) is 11.8 Å². The molecule has 7 heteroatoms. The molecule has 0 aliphatic rings. The van der Waals surface area contributed by atoms with Gasteiger partial charge in [0.05, 0.1) is 5.75 Å². The third-order valence-electron chi connectivity index (χ3n) is 3.58. The summed E-state index contributed by atoms with van der Waals surface area (Å²) in [6, 6.07) is 1.91. The van der Waals surface area contributed by atoms with Gasteiger partial charge in [0, 0.05) is 30.5 Å². The molecule has 0 atom stereocenters. The molecule has 2 rings (SSSR count). The smallest absolute Gasteiger partial charge is 0.191 e. The van der Waals surface area contributed by atoms with Crippen LogP contribution in [0.1, 0.15) is 27.6 Å². The fraction of sp³-hybridized carbons (Fsp3) is 0.400. The second kappa shape index (κ2) is 6.93. The molecular formula is C15H20N4O2S. The molecule has 2 aromatic rings. The Morgan fingerprint density at radius 2 is 2.18 bits per heavy atom. The molecule has 0 aliphatic carbocycles. The molecule has 0 unspecified atom stereocenters. The predicted molar refractivity (Wildman–Crippen MR) is 86.1 cm³/mol. The molecule has 2 heterocycles. The molecule has 118 valence electrons. The van der Waals surface area contributed by atoms with E-state index >= 15 is 0 Å². The number of aromatic nitrogens is 4. The number of nitrogens with zero attached hydrogens (tertiary/aromatic N) is 4. The Hall–Kier alpha value is -1.86. The highest BCUT2D eigenvalue weighted by molar-refractivity contribution is 7.99. The first-order valence-corrected chi connectivity index (χ1v) is 7.90. The minimum absolute atomic E-state index is 0.0574. The van der Waals surface area contributed by atoms with Gasteiger partial charge in [-0.05, 0) is 19.9 Å². The van der Waals surface area contributed by atoms with E-state index in [0.29, 0.717) is 17.5 Å². The normalized spacial score (nSPS) is 10.9. The van der Waals surface area contributed by atoms with E-state index in [2.05, 4.69) is 21.3 Å². The molecule has 6 nitrogen and oxygen atoms in total. The Bertz CT molecular complexity index is 703. The number of aliphatic hydroxyl groups is 1. The van der Waals surface area contributed by atoms with Crippen molar-refractivity contribution >= 4 is 17.5 Å². The van der Waals surface area contributed by atoms with Crippen LogP contribution >= 0.6 is 11.8 Å². The number of rotatable bonds is 7. The lowest BCUT2D eigenvalue weighted by atomic mass is 10.2. The lowest BCUT2D eigenvalue weighted by Gasteiger charge is -2.06. The number of ketones is 1. The van der Waals surface area contributed by atoms with Crippen molar-refractivity contribution in [3.05, 3.63) is 41.5 Å². The standard InChI is InChI=1S/C15H20N4O2S/c1-5-6-19-10(2)7-12(11(19)3)13(21)9-22-15-17-16-14(8-20)18(15)4/h5,7,20H,1,6,8-9H2,2-4H3. The summed E-state index contributed by atoms with van der Waals surface area (Å²) in [5.41, 5.74) is 2.74. The molecule has 0 amide bonds. The average molecular weight is 320 g/mol. The van der Waals surface area contributed by atoms with Crippen LogP contribution < -0.4 is 0 Å². The van der Waals surface area contributed by atoms with Crippen LogP contribution in [0.2, 0.25) is 0 Å². The second-order valence-electron chi connectivity index (χ2n) is 5.01. The lowest BCUT2D eigenvalue weighted by molar-refractivity contribution is 0.102. The van der Waals surface area contributed by atoms with Crippen molar-refractivity contribution in [1.29, 1.82) is 0 Å². The van der Waals surface area contributed by atoms with E-state index in [0.717, 1.165) is 17.0 Å². The molecule has 0 aliphatic heterocycles. The van der Waals surface area contributed by atoms with Crippen LogP contribution in [0.4, 0.5) is 0 Å². The summed E-state index contributed by atoms with van der Waals surface area (Å²) in [5, 5.41) is 17.6. The van der Waals surface area contributed by atoms with Crippen LogP contribution in [0.3, 0.4) is 0 Å². The molecule has 0 saturated heterocycles. The van der Waals surface area contributed by atoms with Crippen molar-refractivity contribution in [3.63, 3.8) is 0 Å². The SMILES string of the molecule is C=CCn1c(C)cc(C(=O)CSc2nnc(CO)n2C)c1C. The molecule has 0 aromatic carbocycles. The summed E-state index contributed by atoms with van der Waals surface area (Å²) in [5.74, 6) is 0.830. The molecule has 22 heavy (non-hydrogen) atoms. The molecule has 2 aromatic heterocycles. The monoisotopic (exact) mass is 320 g/mol. The molecule has 0 spiro atoms. The predicted octanol–water partition coefficient (Wildman–Crippen LogP) is 1.89. The number of carbonyl (C=O) groups is 1. The summed E-state index contributed by atoms with van der Waals surface area (Å²) in [4.78, 5) is 12.4. The maximum absolute atomic E-state index is 12.4. The summed E-state index contributed by atoms with van der Waals surface area (Å²) in [6.45, 7) is 8.20. The Labute approximate surface area is 133 Å². The van der Waals surface area contributed by atoms with Crippen molar-refractivity contribution in [1.82, 2.24) is 19.3 Å². The van der Waals surface area contributed by atoms with Crippen molar-refractivity contribution < 1.29 is 9.90 Å². The van der Waals surface area contributed by atoms with Crippen LogP contribution in [-0.2, 0) is 20.2 Å². The molecule has 0 fully saturated rings. The van der Waals surface area contributed by atoms with Crippen LogP contribution in [-0.4, -0.2) is 36.0 Å². The molecule has 0 saturated carbocycles. The zero-order valence-electron chi connectivity index (χ0n) is 13.0. The van der Waals surface area contributed by atoms with Crippen molar-refractivity contribution in [2.45, 2.75) is 32.2 Å². The second-order valence-corrected chi connectivity index (χ2v) is 5.95. The van der Waals surface area contributed by atoms with Crippen LogP contribution in [0.15, 0.2) is 23.9 Å². The largest absolute Gasteiger partial charge is 0.388 e. The Kier molecular flexibility index (Phi) is 5.20. The third-order valence-corrected chi connectivity index (χ3v) is 4.60. The van der Waals surface area contributed by atoms with Gasteiger partial charge in [-0.2, -0.15) is 0 Å². The first-order chi connectivity index (χ1) is 10.5. The van der Waals surface area contributed by atoms with E-state index in [1.54, 1.807) is 11.6 Å². The maximum atomic E-state index is 12.4. The van der Waals surface area contributed by atoms with E-state index in [4.69, 9.17) is 5.11 Å². The number of hydrogen-bond acceptors (Lipinski definition) is 5. The van der Waals surface area contributed by atoms with Crippen LogP contribution in [0.25, 0.3) is 0 Å². The average Bonchev–Trinajstić information content (AvgIpc) is 2.99. The highest BCUT2D eigenvalue weighted by atomic mass is 32.2. The number of aliphatic hydroxyl groups excluding tert-OH is 1. The Balaban J connectivity index is 2.11. The number of aryl methyl sites for hydroxylation is 1. The minimum Gasteiger partial charge on any atom is -0.388 e. The van der Waals surface area contributed by atoms with Crippen molar-refractivity contribution in [3.8, 4) is 0 Å². The summed E-state index contributed by atoms with van der Waals surface area (Å²) < 4.78 is 3.76. The number of Topliss-reactive ketones (excluding diaryl/α,β-unsaturated/α-hetero) is 1. The number of allylic oxidation sites excluding steroid dienone is 1. The van der Waals surface area contributed by atoms with E-state index in [9.17, 15) is 4.79 Å². The van der Waals surface area contributed by atoms with Gasteiger partial charge in [0.2, 0.25) is 0 Å². The zero-order valence-corrected chi connectivity index (χ0v) is 13.9. The number of thioether (sulfide) groups is 1. The van der Waals surface area contributed by atoms with Gasteiger partial charge in [-0.1, -0.05) is 17.8 Å². The fourth-order valence-corrected chi connectivity index (χ4v) is 3.12. The van der Waals surface area contributed by atoms with E-state index < -0.39 is 0 Å². The Morgan fingerprint density at radius 1 is 1.45 bits per heavy atom. The fourth-order valence-electron chi connectivity index (χ4n) is 2.31. The van der Waals surface area contributed by atoms with Gasteiger partial charge >= 0.3 is 0 Å². The first kappa shape index (κ1) is 16.5. The Morgan fingerprint density at radius 3 is 2.77 bits per heavy atom. The number of hydrogen-bond donors (Lipinski definition) is 1. The quantitative estimate of drug-likeness (QED) is 0.479. The van der Waals surface area contributed by atoms with Crippen molar-refractivity contribution in [2.24, 2.45) is 7.05 Å². The highest BCUT2D eigenvalue weighted by Crippen LogP contribution is 2.21. The van der Waals surface area contributed by atoms with E-state index in [-0.39, 0.29) is 18.1 Å². The maximum Gasteiger partial charge on any atom is 0.191 e. The molecular weight excluding hydrogens is 300 g/mol. The van der Waals surface area contributed by atoms with Crippen LogP contribution in [0, 0.1) is 13.8 Å².